The summed E-state index contributed by atoms with van der Waals surface area (Å²) in [6.07, 6.45) is -15.1. The fourth-order valence-corrected chi connectivity index (χ4v) is 2.94. The van der Waals surface area contributed by atoms with E-state index in [-0.39, 0.29) is 32.0 Å². The van der Waals surface area contributed by atoms with Crippen LogP contribution in [-0.2, 0) is 25.4 Å². The molecule has 0 radical (unpaired) electrons. The van der Waals surface area contributed by atoms with E-state index in [0.29, 0.717) is 16.9 Å². The number of hydrogen-bond acceptors (Lipinski definition) is 6. The molecule has 0 heterocycles. The van der Waals surface area contributed by atoms with E-state index in [1.54, 1.807) is 13.8 Å². The molecule has 17 heteroatoms. The summed E-state index contributed by atoms with van der Waals surface area (Å²) in [5.74, 6) is -15.0. The first-order chi connectivity index (χ1) is 18.4. The third-order valence-corrected chi connectivity index (χ3v) is 5.07. The van der Waals surface area contributed by atoms with Crippen molar-refractivity contribution in [2.45, 2.75) is 56.9 Å². The van der Waals surface area contributed by atoms with Gasteiger partial charge in [0.1, 0.15) is 12.4 Å². The lowest BCUT2D eigenvalue weighted by Gasteiger charge is -2.33. The normalized spacial score (nSPS) is 13.6. The van der Waals surface area contributed by atoms with E-state index in [1.165, 1.54) is 24.3 Å². The molecule has 1 aromatic rings. The largest absolute Gasteiger partial charge is 0.492 e. The van der Waals surface area contributed by atoms with Gasteiger partial charge < -0.3 is 29.0 Å². The third kappa shape index (κ3) is 9.31. The van der Waals surface area contributed by atoms with E-state index < -0.39 is 62.0 Å². The van der Waals surface area contributed by atoms with Crippen molar-refractivity contribution in [1.29, 1.82) is 0 Å². The summed E-state index contributed by atoms with van der Waals surface area (Å²) in [7, 11) is 0. The summed E-state index contributed by atoms with van der Waals surface area (Å²) in [5.41, 5.74) is 0.587. The van der Waals surface area contributed by atoms with Gasteiger partial charge in [-0.15, -0.1) is 0 Å². The Labute approximate surface area is 222 Å². The van der Waals surface area contributed by atoms with Crippen molar-refractivity contribution < 1.29 is 73.2 Å². The minimum absolute atomic E-state index is 0.0546. The van der Waals surface area contributed by atoms with Crippen molar-refractivity contribution in [3.63, 3.8) is 0 Å². The highest BCUT2D eigenvalue weighted by molar-refractivity contribution is 5.72. The first-order valence-corrected chi connectivity index (χ1v) is 11.7. The van der Waals surface area contributed by atoms with Crippen molar-refractivity contribution in [1.82, 2.24) is 4.90 Å². The van der Waals surface area contributed by atoms with Crippen molar-refractivity contribution in [3.05, 3.63) is 29.8 Å². The Hall–Kier alpha value is -2.95. The van der Waals surface area contributed by atoms with Crippen molar-refractivity contribution in [3.8, 4) is 5.75 Å². The molecule has 1 N–H and O–H groups in total. The van der Waals surface area contributed by atoms with Gasteiger partial charge in [0.15, 0.2) is 6.10 Å². The maximum atomic E-state index is 13.6. The fourth-order valence-electron chi connectivity index (χ4n) is 2.94. The minimum Gasteiger partial charge on any atom is -0.492 e. The molecule has 0 aliphatic carbocycles. The third-order valence-electron chi connectivity index (χ3n) is 5.07. The summed E-state index contributed by atoms with van der Waals surface area (Å²) in [6, 6.07) is 5.97. The number of benzene rings is 1. The lowest BCUT2D eigenvalue weighted by molar-refractivity contribution is -0.443. The average molecular weight is 601 g/mol. The molecule has 1 amide bonds. The zero-order valence-corrected chi connectivity index (χ0v) is 21.3. The molecule has 1 aromatic carbocycles. The standard InChI is InChI=1S/C23H28F9NO7/c1-3-11-39-19(36)33(10-13-40-23(31,32)21(26,27)20(24,25)22(28,29)30)9-12-38-16-7-5-15(6-8-16)14-17(18(34)35)37-4-2/h5-8,17H,3-4,9-14H2,1-2H3,(H,34,35). The maximum absolute atomic E-state index is 13.6. The second-order valence-corrected chi connectivity index (χ2v) is 8.09. The zero-order valence-electron chi connectivity index (χ0n) is 21.3. The van der Waals surface area contributed by atoms with Crippen LogP contribution in [-0.4, -0.2) is 91.8 Å². The van der Waals surface area contributed by atoms with E-state index in [0.717, 1.165) is 0 Å². The van der Waals surface area contributed by atoms with E-state index in [9.17, 15) is 49.1 Å². The van der Waals surface area contributed by atoms with Crippen LogP contribution in [0.3, 0.4) is 0 Å². The molecule has 0 bridgehead atoms. The van der Waals surface area contributed by atoms with Crippen LogP contribution in [0, 0.1) is 0 Å². The Morgan fingerprint density at radius 2 is 1.45 bits per heavy atom. The molecular weight excluding hydrogens is 573 g/mol. The molecule has 0 aromatic heterocycles. The Morgan fingerprint density at radius 1 is 0.875 bits per heavy atom. The molecule has 0 aliphatic heterocycles. The topological polar surface area (TPSA) is 94.5 Å². The zero-order chi connectivity index (χ0) is 30.8. The van der Waals surface area contributed by atoms with Crippen LogP contribution in [0.5, 0.6) is 5.75 Å². The minimum atomic E-state index is -7.11. The number of rotatable bonds is 17. The lowest BCUT2D eigenvalue weighted by atomic mass is 10.1. The smallest absolute Gasteiger partial charge is 0.460 e. The molecule has 0 aliphatic rings. The van der Waals surface area contributed by atoms with Gasteiger partial charge in [0.2, 0.25) is 0 Å². The SMILES string of the molecule is CCCOC(=O)N(CCOc1ccc(CC(OCC)C(=O)O)cc1)CCOC(F)(F)C(F)(F)C(F)(F)C(F)(F)F. The molecule has 1 unspecified atom stereocenters. The number of aliphatic carboxylic acids is 1. The lowest BCUT2D eigenvalue weighted by Crippen LogP contribution is -2.62. The van der Waals surface area contributed by atoms with Gasteiger partial charge >= 0.3 is 36.2 Å². The van der Waals surface area contributed by atoms with Crippen LogP contribution in [0.1, 0.15) is 25.8 Å². The number of carbonyl (C=O) groups excluding carboxylic acids is 1. The Kier molecular flexibility index (Phi) is 12.8. The van der Waals surface area contributed by atoms with Crippen LogP contribution in [0.25, 0.3) is 0 Å². The van der Waals surface area contributed by atoms with Gasteiger partial charge in [-0.3, -0.25) is 0 Å². The first-order valence-electron chi connectivity index (χ1n) is 11.7. The number of ether oxygens (including phenoxy) is 4. The van der Waals surface area contributed by atoms with Crippen molar-refractivity contribution >= 4 is 12.1 Å². The Bertz CT molecular complexity index is 944. The number of nitrogens with zero attached hydrogens (tertiary/aromatic N) is 1. The number of carboxylic acid groups (broad SMARTS) is 1. The average Bonchev–Trinajstić information content (AvgIpc) is 2.86. The van der Waals surface area contributed by atoms with Crippen LogP contribution in [0.2, 0.25) is 0 Å². The van der Waals surface area contributed by atoms with Crippen LogP contribution >= 0.6 is 0 Å². The number of amides is 1. The fraction of sp³-hybridized carbons (Fsp3) is 0.652. The highest BCUT2D eigenvalue weighted by Crippen LogP contribution is 2.53. The van der Waals surface area contributed by atoms with Gasteiger partial charge in [-0.25, -0.2) is 9.59 Å². The second kappa shape index (κ2) is 14.6. The highest BCUT2D eigenvalue weighted by Gasteiger charge is 2.82. The number of carbonyl (C=O) groups is 2. The quantitative estimate of drug-likeness (QED) is 0.240. The number of alkyl halides is 9. The van der Waals surface area contributed by atoms with Crippen molar-refractivity contribution in [2.75, 3.05) is 39.5 Å². The van der Waals surface area contributed by atoms with Crippen LogP contribution in [0.15, 0.2) is 24.3 Å². The number of hydrogen-bond donors (Lipinski definition) is 1. The number of carboxylic acids is 1. The first kappa shape index (κ1) is 35.1. The summed E-state index contributed by atoms with van der Waals surface area (Å²) in [6.45, 7) is 0.0382. The molecule has 0 saturated heterocycles. The molecule has 1 rings (SSSR count). The summed E-state index contributed by atoms with van der Waals surface area (Å²) >= 11 is 0. The summed E-state index contributed by atoms with van der Waals surface area (Å²) in [4.78, 5) is 24.0. The molecule has 40 heavy (non-hydrogen) atoms. The van der Waals surface area contributed by atoms with E-state index in [2.05, 4.69) is 4.74 Å². The van der Waals surface area contributed by atoms with Gasteiger partial charge in [-0.05, 0) is 31.0 Å². The second-order valence-electron chi connectivity index (χ2n) is 8.09. The van der Waals surface area contributed by atoms with E-state index in [1.807, 2.05) is 0 Å². The predicted molar refractivity (Wildman–Crippen MR) is 119 cm³/mol. The molecule has 1 atom stereocenters. The molecular formula is C23H28F9NO7. The van der Waals surface area contributed by atoms with Gasteiger partial charge in [-0.1, -0.05) is 19.1 Å². The predicted octanol–water partition coefficient (Wildman–Crippen LogP) is 5.39. The van der Waals surface area contributed by atoms with Crippen LogP contribution in [0.4, 0.5) is 44.3 Å². The Balaban J connectivity index is 2.80. The van der Waals surface area contributed by atoms with E-state index >= 15 is 0 Å². The molecule has 0 fully saturated rings. The molecule has 0 saturated carbocycles. The monoisotopic (exact) mass is 601 g/mol. The van der Waals surface area contributed by atoms with Gasteiger partial charge in [0.25, 0.3) is 0 Å². The molecule has 230 valence electrons. The summed E-state index contributed by atoms with van der Waals surface area (Å²) < 4.78 is 135. The van der Waals surface area contributed by atoms with Crippen molar-refractivity contribution in [2.24, 2.45) is 0 Å². The number of halogens is 9. The molecule has 0 spiro atoms. The van der Waals surface area contributed by atoms with Crippen LogP contribution < -0.4 is 4.74 Å². The van der Waals surface area contributed by atoms with Gasteiger partial charge in [-0.2, -0.15) is 39.5 Å². The highest BCUT2D eigenvalue weighted by atomic mass is 19.4. The van der Waals surface area contributed by atoms with Gasteiger partial charge in [0.05, 0.1) is 19.8 Å². The molecule has 8 nitrogen and oxygen atoms in total. The maximum Gasteiger partial charge on any atom is 0.460 e. The van der Waals surface area contributed by atoms with E-state index in [4.69, 9.17) is 19.3 Å². The van der Waals surface area contributed by atoms with Gasteiger partial charge in [0, 0.05) is 19.6 Å². The Morgan fingerprint density at radius 3 is 1.95 bits per heavy atom. The summed E-state index contributed by atoms with van der Waals surface area (Å²) in [5, 5.41) is 9.14.